The normalized spacial score (nSPS) is 14.9. The van der Waals surface area contributed by atoms with Gasteiger partial charge in [-0.3, -0.25) is 4.72 Å². The Bertz CT molecular complexity index is 1130. The third kappa shape index (κ3) is 3.28. The number of aromatic nitrogens is 3. The van der Waals surface area contributed by atoms with Crippen molar-refractivity contribution in [1.82, 2.24) is 15.2 Å². The van der Waals surface area contributed by atoms with Crippen molar-refractivity contribution in [2.75, 3.05) is 4.72 Å². The van der Waals surface area contributed by atoms with Crippen LogP contribution in [-0.2, 0) is 10.0 Å². The maximum absolute atomic E-state index is 13.4. The number of halogens is 2. The molecule has 0 aliphatic heterocycles. The van der Waals surface area contributed by atoms with Crippen LogP contribution < -0.4 is 4.72 Å². The summed E-state index contributed by atoms with van der Waals surface area (Å²) in [4.78, 5) is 2.86. The Labute approximate surface area is 160 Å². The van der Waals surface area contributed by atoms with Gasteiger partial charge in [0.1, 0.15) is 16.5 Å². The molecule has 0 unspecified atom stereocenters. The van der Waals surface area contributed by atoms with Gasteiger partial charge in [-0.15, -0.1) is 10.2 Å². The summed E-state index contributed by atoms with van der Waals surface area (Å²) >= 11 is 0. The summed E-state index contributed by atoms with van der Waals surface area (Å²) in [6.07, 6.45) is 3.02. The number of nitrogens with one attached hydrogen (secondary N) is 2. The number of sulfonamides is 1. The fourth-order valence-electron chi connectivity index (χ4n) is 3.33. The largest absolute Gasteiger partial charge is 0.420 e. The SMILES string of the molecule is Cc1[nH]c(C)c(S(=O)(=O)Nc2cc(F)cc(F)c2)c1-c1nnc(C2CCC2)o1. The molecule has 1 fully saturated rings. The summed E-state index contributed by atoms with van der Waals surface area (Å²) < 4.78 is 60.8. The lowest BCUT2D eigenvalue weighted by atomic mass is 9.85. The smallest absolute Gasteiger partial charge is 0.264 e. The van der Waals surface area contributed by atoms with Crippen LogP contribution in [0.5, 0.6) is 0 Å². The van der Waals surface area contributed by atoms with E-state index in [1.54, 1.807) is 13.8 Å². The monoisotopic (exact) mass is 408 g/mol. The predicted octanol–water partition coefficient (Wildman–Crippen LogP) is 4.03. The first kappa shape index (κ1) is 18.6. The van der Waals surface area contributed by atoms with Crippen LogP contribution in [0.15, 0.2) is 27.5 Å². The van der Waals surface area contributed by atoms with Crippen LogP contribution in [0.25, 0.3) is 11.5 Å². The third-order valence-electron chi connectivity index (χ3n) is 4.81. The van der Waals surface area contributed by atoms with Crippen LogP contribution in [-0.4, -0.2) is 23.6 Å². The number of hydrogen-bond donors (Lipinski definition) is 2. The lowest BCUT2D eigenvalue weighted by Gasteiger charge is -2.20. The Kier molecular flexibility index (Phi) is 4.45. The molecule has 10 heteroatoms. The molecule has 28 heavy (non-hydrogen) atoms. The van der Waals surface area contributed by atoms with E-state index in [1.165, 1.54) is 0 Å². The number of H-pyrrole nitrogens is 1. The number of nitrogens with zero attached hydrogens (tertiary/aromatic N) is 2. The Balaban J connectivity index is 1.75. The summed E-state index contributed by atoms with van der Waals surface area (Å²) in [6.45, 7) is 3.27. The zero-order valence-corrected chi connectivity index (χ0v) is 16.0. The molecule has 4 rings (SSSR count). The second-order valence-electron chi connectivity index (χ2n) is 6.92. The van der Waals surface area contributed by atoms with Crippen molar-refractivity contribution in [1.29, 1.82) is 0 Å². The second kappa shape index (κ2) is 6.69. The van der Waals surface area contributed by atoms with Crippen molar-refractivity contribution in [3.63, 3.8) is 0 Å². The van der Waals surface area contributed by atoms with Gasteiger partial charge in [0.05, 0.1) is 11.3 Å². The molecule has 2 N–H and O–H groups in total. The van der Waals surface area contributed by atoms with Gasteiger partial charge in [-0.25, -0.2) is 17.2 Å². The first-order valence-corrected chi connectivity index (χ1v) is 10.2. The molecule has 0 saturated heterocycles. The molecular formula is C18H18F2N4O3S. The average molecular weight is 408 g/mol. The van der Waals surface area contributed by atoms with E-state index in [9.17, 15) is 17.2 Å². The van der Waals surface area contributed by atoms with Gasteiger partial charge in [-0.1, -0.05) is 6.42 Å². The topological polar surface area (TPSA) is 101 Å². The van der Waals surface area contributed by atoms with Crippen LogP contribution in [0.3, 0.4) is 0 Å². The molecule has 1 aliphatic rings. The summed E-state index contributed by atoms with van der Waals surface area (Å²) in [7, 11) is -4.18. The number of aryl methyl sites for hydroxylation is 2. The predicted molar refractivity (Wildman–Crippen MR) is 97.3 cm³/mol. The molecule has 1 saturated carbocycles. The average Bonchev–Trinajstić information content (AvgIpc) is 3.08. The van der Waals surface area contributed by atoms with Crippen LogP contribution in [0.2, 0.25) is 0 Å². The maximum atomic E-state index is 13.4. The molecule has 2 heterocycles. The Hall–Kier alpha value is -2.75. The fourth-order valence-corrected chi connectivity index (χ4v) is 4.82. The van der Waals surface area contributed by atoms with E-state index in [-0.39, 0.29) is 28.0 Å². The van der Waals surface area contributed by atoms with Crippen LogP contribution in [0.1, 0.15) is 42.5 Å². The lowest BCUT2D eigenvalue weighted by molar-refractivity contribution is 0.338. The third-order valence-corrected chi connectivity index (χ3v) is 6.36. The van der Waals surface area contributed by atoms with E-state index in [4.69, 9.17) is 4.42 Å². The Morgan fingerprint density at radius 2 is 1.79 bits per heavy atom. The van der Waals surface area contributed by atoms with Gasteiger partial charge in [0.25, 0.3) is 15.9 Å². The fraction of sp³-hybridized carbons (Fsp3) is 0.333. The van der Waals surface area contributed by atoms with Crippen molar-refractivity contribution in [3.8, 4) is 11.5 Å². The number of rotatable bonds is 5. The minimum absolute atomic E-state index is 0.0922. The van der Waals surface area contributed by atoms with Crippen molar-refractivity contribution < 1.29 is 21.6 Å². The van der Waals surface area contributed by atoms with Gasteiger partial charge in [0, 0.05) is 23.4 Å². The highest BCUT2D eigenvalue weighted by molar-refractivity contribution is 7.93. The van der Waals surface area contributed by atoms with Crippen molar-refractivity contribution >= 4 is 15.7 Å². The van der Waals surface area contributed by atoms with Gasteiger partial charge in [-0.05, 0) is 38.8 Å². The highest BCUT2D eigenvalue weighted by Gasteiger charge is 2.31. The van der Waals surface area contributed by atoms with E-state index in [1.807, 2.05) is 0 Å². The van der Waals surface area contributed by atoms with Crippen molar-refractivity contribution in [2.45, 2.75) is 43.9 Å². The number of benzene rings is 1. The molecule has 0 spiro atoms. The molecule has 0 atom stereocenters. The molecular weight excluding hydrogens is 390 g/mol. The van der Waals surface area contributed by atoms with Gasteiger partial charge < -0.3 is 9.40 Å². The first-order chi connectivity index (χ1) is 13.2. The molecule has 3 aromatic rings. The van der Waals surface area contributed by atoms with E-state index >= 15 is 0 Å². The minimum atomic E-state index is -4.18. The van der Waals surface area contributed by atoms with Crippen LogP contribution in [0.4, 0.5) is 14.5 Å². The van der Waals surface area contributed by atoms with E-state index in [0.717, 1.165) is 31.4 Å². The zero-order chi connectivity index (χ0) is 20.1. The molecule has 148 valence electrons. The Morgan fingerprint density at radius 1 is 1.11 bits per heavy atom. The zero-order valence-electron chi connectivity index (χ0n) is 15.2. The molecule has 0 radical (unpaired) electrons. The van der Waals surface area contributed by atoms with Gasteiger partial charge in [0.15, 0.2) is 0 Å². The molecule has 2 aromatic heterocycles. The van der Waals surface area contributed by atoms with E-state index in [2.05, 4.69) is 19.9 Å². The highest BCUT2D eigenvalue weighted by atomic mass is 32.2. The second-order valence-corrected chi connectivity index (χ2v) is 8.54. The molecule has 1 aromatic carbocycles. The highest BCUT2D eigenvalue weighted by Crippen LogP contribution is 2.39. The number of aromatic amines is 1. The van der Waals surface area contributed by atoms with Gasteiger partial charge in [-0.2, -0.15) is 0 Å². The maximum Gasteiger partial charge on any atom is 0.264 e. The van der Waals surface area contributed by atoms with Gasteiger partial charge in [0.2, 0.25) is 5.89 Å². The molecule has 0 bridgehead atoms. The summed E-state index contributed by atoms with van der Waals surface area (Å²) in [5.41, 5.74) is 0.912. The molecule has 0 amide bonds. The van der Waals surface area contributed by atoms with Crippen molar-refractivity contribution in [3.05, 3.63) is 47.1 Å². The summed E-state index contributed by atoms with van der Waals surface area (Å²) in [6, 6.07) is 2.46. The summed E-state index contributed by atoms with van der Waals surface area (Å²) in [5, 5.41) is 8.07. The van der Waals surface area contributed by atoms with Crippen LogP contribution in [0, 0.1) is 25.5 Å². The van der Waals surface area contributed by atoms with Gasteiger partial charge >= 0.3 is 0 Å². The van der Waals surface area contributed by atoms with Crippen molar-refractivity contribution in [2.24, 2.45) is 0 Å². The number of hydrogen-bond acceptors (Lipinski definition) is 5. The Morgan fingerprint density at radius 3 is 2.39 bits per heavy atom. The van der Waals surface area contributed by atoms with E-state index < -0.39 is 21.7 Å². The summed E-state index contributed by atoms with van der Waals surface area (Å²) in [5.74, 6) is -0.989. The van der Waals surface area contributed by atoms with E-state index in [0.29, 0.717) is 23.3 Å². The number of anilines is 1. The minimum Gasteiger partial charge on any atom is -0.420 e. The standard InChI is InChI=1S/C18H18F2N4O3S/c1-9-15(18-23-22-17(27-18)11-4-3-5-11)16(10(2)21-9)28(25,26)24-14-7-12(19)6-13(20)8-14/h6-8,11,21,24H,3-5H2,1-2H3. The lowest BCUT2D eigenvalue weighted by Crippen LogP contribution is -2.15. The van der Waals surface area contributed by atoms with Crippen LogP contribution >= 0.6 is 0 Å². The quantitative estimate of drug-likeness (QED) is 0.664. The first-order valence-electron chi connectivity index (χ1n) is 8.76. The molecule has 7 nitrogen and oxygen atoms in total. The molecule has 1 aliphatic carbocycles.